The van der Waals surface area contributed by atoms with Crippen molar-refractivity contribution in [3.8, 4) is 0 Å². The van der Waals surface area contributed by atoms with Crippen LogP contribution in [0.5, 0.6) is 0 Å². The van der Waals surface area contributed by atoms with Crippen LogP contribution in [0.25, 0.3) is 0 Å². The summed E-state index contributed by atoms with van der Waals surface area (Å²) in [5.74, 6) is -2.59. The van der Waals surface area contributed by atoms with Gasteiger partial charge in [0.05, 0.1) is 5.56 Å². The largest absolute Gasteiger partial charge is 0.416 e. The molecule has 2 amide bonds. The van der Waals surface area contributed by atoms with Crippen molar-refractivity contribution in [3.05, 3.63) is 41.7 Å². The number of H-pyrrole nitrogens is 1. The molecule has 1 aliphatic rings. The van der Waals surface area contributed by atoms with Crippen LogP contribution in [0.2, 0.25) is 0 Å². The van der Waals surface area contributed by atoms with Crippen molar-refractivity contribution in [2.45, 2.75) is 12.1 Å². The fourth-order valence-corrected chi connectivity index (χ4v) is 2.87. The maximum absolute atomic E-state index is 12.7. The number of likely N-dealkylation sites (N-methyl/N-ethyl adjacent to an activating group) is 1. The molecule has 7 nitrogen and oxygen atoms in total. The third kappa shape index (κ3) is 3.32. The van der Waals surface area contributed by atoms with Crippen LogP contribution in [-0.4, -0.2) is 45.5 Å². The minimum absolute atomic E-state index is 0.0264. The summed E-state index contributed by atoms with van der Waals surface area (Å²) in [5, 5.41) is 8.55. The topological polar surface area (TPSA) is 91.0 Å². The van der Waals surface area contributed by atoms with Crippen LogP contribution in [0.1, 0.15) is 17.0 Å². The van der Waals surface area contributed by atoms with Gasteiger partial charge in [-0.1, -0.05) is 12.1 Å². The Morgan fingerprint density at radius 1 is 1.32 bits per heavy atom. The van der Waals surface area contributed by atoms with Crippen molar-refractivity contribution in [1.82, 2.24) is 20.1 Å². The lowest BCUT2D eigenvalue weighted by Crippen LogP contribution is -2.33. The first-order valence-corrected chi connectivity index (χ1v) is 7.36. The minimum Gasteiger partial charge on any atom is -0.344 e. The van der Waals surface area contributed by atoms with Crippen molar-refractivity contribution in [2.24, 2.45) is 5.92 Å². The molecule has 0 bridgehead atoms. The molecule has 10 heteroatoms. The SMILES string of the molecule is CN1C[C@@H](c2ccc(C(F)(F)F)cc2)[C@H](C(=O)Nc2nc[nH]n2)C1=O. The normalized spacial score (nSPS) is 20.8. The van der Waals surface area contributed by atoms with E-state index in [1.54, 1.807) is 7.05 Å². The van der Waals surface area contributed by atoms with E-state index in [2.05, 4.69) is 20.5 Å². The molecule has 2 heterocycles. The third-order valence-corrected chi connectivity index (χ3v) is 4.11. The van der Waals surface area contributed by atoms with Gasteiger partial charge in [-0.25, -0.2) is 4.98 Å². The van der Waals surface area contributed by atoms with E-state index in [9.17, 15) is 22.8 Å². The average Bonchev–Trinajstić information content (AvgIpc) is 3.15. The number of nitrogens with one attached hydrogen (secondary N) is 2. The molecular formula is C15H14F3N5O2. The Morgan fingerprint density at radius 2 is 2.00 bits per heavy atom. The molecule has 2 atom stereocenters. The summed E-state index contributed by atoms with van der Waals surface area (Å²) in [4.78, 5) is 29.9. The Hall–Kier alpha value is -2.91. The van der Waals surface area contributed by atoms with Crippen LogP contribution in [0, 0.1) is 5.92 Å². The second-order valence-corrected chi connectivity index (χ2v) is 5.73. The molecule has 2 N–H and O–H groups in total. The summed E-state index contributed by atoms with van der Waals surface area (Å²) >= 11 is 0. The molecule has 0 aliphatic carbocycles. The monoisotopic (exact) mass is 353 g/mol. The van der Waals surface area contributed by atoms with Crippen LogP contribution in [0.4, 0.5) is 19.1 Å². The van der Waals surface area contributed by atoms with Crippen LogP contribution in [-0.2, 0) is 15.8 Å². The van der Waals surface area contributed by atoms with Crippen LogP contribution in [0.15, 0.2) is 30.6 Å². The van der Waals surface area contributed by atoms with Gasteiger partial charge in [0.25, 0.3) is 0 Å². The maximum atomic E-state index is 12.7. The number of hydrogen-bond donors (Lipinski definition) is 2. The molecule has 1 aliphatic heterocycles. The minimum atomic E-state index is -4.44. The van der Waals surface area contributed by atoms with Gasteiger partial charge in [-0.15, -0.1) is 5.10 Å². The van der Waals surface area contributed by atoms with E-state index >= 15 is 0 Å². The van der Waals surface area contributed by atoms with Gasteiger partial charge >= 0.3 is 6.18 Å². The maximum Gasteiger partial charge on any atom is 0.416 e. The standard InChI is InChI=1S/C15H14F3N5O2/c1-23-6-10(8-2-4-9(5-3-8)15(16,17)18)11(13(23)25)12(24)21-14-19-7-20-22-14/h2-5,7,10-11H,6H2,1H3,(H2,19,20,21,22,24)/t10-,11+/m0/s1. The quantitative estimate of drug-likeness (QED) is 0.821. The van der Waals surface area contributed by atoms with Crippen molar-refractivity contribution in [1.29, 1.82) is 0 Å². The molecule has 0 unspecified atom stereocenters. The zero-order valence-corrected chi connectivity index (χ0v) is 13.0. The lowest BCUT2D eigenvalue weighted by atomic mass is 9.87. The Morgan fingerprint density at radius 3 is 2.56 bits per heavy atom. The van der Waals surface area contributed by atoms with Crippen molar-refractivity contribution in [2.75, 3.05) is 18.9 Å². The van der Waals surface area contributed by atoms with Gasteiger partial charge in [0.15, 0.2) is 0 Å². The molecule has 2 aromatic rings. The molecule has 1 aromatic heterocycles. The van der Waals surface area contributed by atoms with Crippen LogP contribution in [0.3, 0.4) is 0 Å². The predicted molar refractivity (Wildman–Crippen MR) is 80.3 cm³/mol. The Balaban J connectivity index is 1.85. The van der Waals surface area contributed by atoms with Crippen LogP contribution >= 0.6 is 0 Å². The lowest BCUT2D eigenvalue weighted by Gasteiger charge is -2.17. The molecule has 25 heavy (non-hydrogen) atoms. The molecule has 0 saturated carbocycles. The zero-order chi connectivity index (χ0) is 18.2. The third-order valence-electron chi connectivity index (χ3n) is 4.11. The van der Waals surface area contributed by atoms with E-state index in [0.717, 1.165) is 12.1 Å². The summed E-state index contributed by atoms with van der Waals surface area (Å²) in [5.41, 5.74) is -0.295. The molecule has 0 radical (unpaired) electrons. The molecular weight excluding hydrogens is 339 g/mol. The lowest BCUT2D eigenvalue weighted by molar-refractivity contribution is -0.138. The van der Waals surface area contributed by atoms with Crippen molar-refractivity contribution in [3.63, 3.8) is 0 Å². The summed E-state index contributed by atoms with van der Waals surface area (Å²) in [6.07, 6.45) is -3.17. The van der Waals surface area contributed by atoms with Gasteiger partial charge in [0.2, 0.25) is 17.8 Å². The summed E-state index contributed by atoms with van der Waals surface area (Å²) in [7, 11) is 1.54. The van der Waals surface area contributed by atoms with E-state index < -0.39 is 35.4 Å². The Bertz CT molecular complexity index is 773. The number of carbonyl (C=O) groups excluding carboxylic acids is 2. The predicted octanol–water partition coefficient (Wildman–Crippen LogP) is 1.63. The summed E-state index contributed by atoms with van der Waals surface area (Å²) in [6.45, 7) is 0.232. The van der Waals surface area contributed by atoms with E-state index in [4.69, 9.17) is 0 Å². The number of benzene rings is 1. The number of aromatic amines is 1. The van der Waals surface area contributed by atoms with Crippen molar-refractivity contribution >= 4 is 17.8 Å². The number of anilines is 1. The highest BCUT2D eigenvalue weighted by molar-refractivity contribution is 6.07. The zero-order valence-electron chi connectivity index (χ0n) is 13.0. The Kier molecular flexibility index (Phi) is 4.19. The number of aromatic nitrogens is 3. The number of nitrogens with zero attached hydrogens (tertiary/aromatic N) is 3. The number of rotatable bonds is 3. The first kappa shape index (κ1) is 16.9. The molecule has 1 fully saturated rings. The number of likely N-dealkylation sites (tertiary alicyclic amines) is 1. The highest BCUT2D eigenvalue weighted by Crippen LogP contribution is 2.36. The highest BCUT2D eigenvalue weighted by Gasteiger charge is 2.44. The summed E-state index contributed by atoms with van der Waals surface area (Å²) in [6, 6.07) is 4.49. The second-order valence-electron chi connectivity index (χ2n) is 5.73. The molecule has 3 rings (SSSR count). The van der Waals surface area contributed by atoms with Gasteiger partial charge in [0.1, 0.15) is 12.2 Å². The number of alkyl halides is 3. The number of halogens is 3. The fraction of sp³-hybridized carbons (Fsp3) is 0.333. The van der Waals surface area contributed by atoms with Crippen molar-refractivity contribution < 1.29 is 22.8 Å². The Labute approximate surface area is 140 Å². The second kappa shape index (κ2) is 6.19. The highest BCUT2D eigenvalue weighted by atomic mass is 19.4. The van der Waals surface area contributed by atoms with E-state index in [1.807, 2.05) is 0 Å². The van der Waals surface area contributed by atoms with Gasteiger partial charge in [0, 0.05) is 19.5 Å². The van der Waals surface area contributed by atoms with Gasteiger partial charge in [-0.2, -0.15) is 13.2 Å². The molecule has 0 spiro atoms. The average molecular weight is 353 g/mol. The van der Waals surface area contributed by atoms with Gasteiger partial charge in [-0.3, -0.25) is 20.0 Å². The van der Waals surface area contributed by atoms with Gasteiger partial charge < -0.3 is 4.90 Å². The molecule has 132 valence electrons. The molecule has 1 saturated heterocycles. The smallest absolute Gasteiger partial charge is 0.344 e. The van der Waals surface area contributed by atoms with Crippen LogP contribution < -0.4 is 5.32 Å². The number of carbonyl (C=O) groups is 2. The first-order chi connectivity index (χ1) is 11.8. The number of hydrogen-bond acceptors (Lipinski definition) is 4. The van der Waals surface area contributed by atoms with Gasteiger partial charge in [-0.05, 0) is 17.7 Å². The first-order valence-electron chi connectivity index (χ1n) is 7.36. The fourth-order valence-electron chi connectivity index (χ4n) is 2.87. The number of amides is 2. The van der Waals surface area contributed by atoms with E-state index in [-0.39, 0.29) is 12.5 Å². The van der Waals surface area contributed by atoms with E-state index in [0.29, 0.717) is 5.56 Å². The molecule has 1 aromatic carbocycles. The van der Waals surface area contributed by atoms with E-state index in [1.165, 1.54) is 23.4 Å². The summed E-state index contributed by atoms with van der Waals surface area (Å²) < 4.78 is 38.1.